The molecule has 0 spiro atoms. The van der Waals surface area contributed by atoms with Gasteiger partial charge in [0, 0.05) is 39.0 Å². The molecule has 3 rings (SSSR count). The Hall–Kier alpha value is -2.53. The third kappa shape index (κ3) is 5.26. The monoisotopic (exact) mass is 381 g/mol. The summed E-state index contributed by atoms with van der Waals surface area (Å²) in [6.45, 7) is 4.98. The summed E-state index contributed by atoms with van der Waals surface area (Å²) in [6, 6.07) is 16.9. The van der Waals surface area contributed by atoms with Crippen LogP contribution in [-0.2, 0) is 6.54 Å². The Bertz CT molecular complexity index is 783. The fourth-order valence-electron chi connectivity index (χ4n) is 3.65. The molecule has 2 aromatic rings. The molecular weight excluding hydrogens is 350 g/mol. The maximum absolute atomic E-state index is 11.9. The van der Waals surface area contributed by atoms with Gasteiger partial charge < -0.3 is 19.9 Å². The lowest BCUT2D eigenvalue weighted by Gasteiger charge is -2.32. The zero-order chi connectivity index (χ0) is 19.9. The Labute approximate surface area is 168 Å². The van der Waals surface area contributed by atoms with Gasteiger partial charge in [-0.15, -0.1) is 0 Å². The van der Waals surface area contributed by atoms with Gasteiger partial charge in [-0.2, -0.15) is 0 Å². The number of nitrogens with one attached hydrogen (secondary N) is 1. The maximum atomic E-state index is 11.9. The number of carbonyl (C=O) groups is 1. The summed E-state index contributed by atoms with van der Waals surface area (Å²) >= 11 is 0. The molecule has 0 radical (unpaired) electrons. The molecule has 5 nitrogen and oxygen atoms in total. The van der Waals surface area contributed by atoms with Crippen molar-refractivity contribution in [1.29, 1.82) is 0 Å². The van der Waals surface area contributed by atoms with Crippen molar-refractivity contribution in [2.45, 2.75) is 32.4 Å². The van der Waals surface area contributed by atoms with E-state index in [0.29, 0.717) is 6.54 Å². The van der Waals surface area contributed by atoms with Gasteiger partial charge in [0.2, 0.25) is 0 Å². The van der Waals surface area contributed by atoms with Crippen molar-refractivity contribution in [2.24, 2.45) is 0 Å². The molecule has 2 aromatic carbocycles. The number of amides is 2. The molecule has 1 saturated heterocycles. The molecule has 1 N–H and O–H groups in total. The molecule has 0 atom stereocenters. The van der Waals surface area contributed by atoms with Gasteiger partial charge in [0.05, 0.1) is 0 Å². The number of ether oxygens (including phenoxy) is 1. The fraction of sp³-hybridized carbons (Fsp3) is 0.435. The molecule has 0 bridgehead atoms. The third-order valence-corrected chi connectivity index (χ3v) is 5.01. The normalized spacial score (nSPS) is 14.9. The minimum absolute atomic E-state index is 0.0282. The molecule has 0 aromatic heterocycles. The second-order valence-corrected chi connectivity index (χ2v) is 7.56. The first kappa shape index (κ1) is 20.2. The quantitative estimate of drug-likeness (QED) is 0.823. The number of hydrogen-bond acceptors (Lipinski definition) is 3. The number of hydrogen-bond donors (Lipinski definition) is 1. The average molecular weight is 382 g/mol. The van der Waals surface area contributed by atoms with E-state index in [1.165, 1.54) is 16.7 Å². The van der Waals surface area contributed by atoms with Crippen LogP contribution < -0.4 is 10.1 Å². The van der Waals surface area contributed by atoms with Crippen molar-refractivity contribution >= 4 is 6.03 Å². The predicted molar refractivity (Wildman–Crippen MR) is 114 cm³/mol. The van der Waals surface area contributed by atoms with Crippen LogP contribution in [0.1, 0.15) is 25.3 Å². The second-order valence-electron chi connectivity index (χ2n) is 7.56. The summed E-state index contributed by atoms with van der Waals surface area (Å²) in [5.74, 6) is 0.897. The molecule has 0 unspecified atom stereocenters. The smallest absolute Gasteiger partial charge is 0.317 e. The predicted octanol–water partition coefficient (Wildman–Crippen LogP) is 3.99. The fourth-order valence-corrected chi connectivity index (χ4v) is 3.65. The summed E-state index contributed by atoms with van der Waals surface area (Å²) in [7, 11) is 4.17. The average Bonchev–Trinajstić information content (AvgIpc) is 2.69. The first-order chi connectivity index (χ1) is 13.6. The number of benzene rings is 2. The van der Waals surface area contributed by atoms with Gasteiger partial charge in [0.25, 0.3) is 0 Å². The Morgan fingerprint density at radius 2 is 1.89 bits per heavy atom. The van der Waals surface area contributed by atoms with Crippen LogP contribution in [0.25, 0.3) is 11.1 Å². The Morgan fingerprint density at radius 1 is 1.14 bits per heavy atom. The minimum atomic E-state index is 0.0282. The van der Waals surface area contributed by atoms with E-state index in [0.717, 1.165) is 38.2 Å². The minimum Gasteiger partial charge on any atom is -0.490 e. The zero-order valence-corrected chi connectivity index (χ0v) is 17.1. The number of carbonyl (C=O) groups excluding carboxylic acids is 1. The summed E-state index contributed by atoms with van der Waals surface area (Å²) < 4.78 is 6.26. The zero-order valence-electron chi connectivity index (χ0n) is 17.1. The summed E-state index contributed by atoms with van der Waals surface area (Å²) in [6.07, 6.45) is 1.87. The first-order valence-corrected chi connectivity index (χ1v) is 10.1. The second kappa shape index (κ2) is 9.60. The Balaban J connectivity index is 1.66. The number of likely N-dealkylation sites (tertiary alicyclic amines) is 1. The van der Waals surface area contributed by atoms with Crippen molar-refractivity contribution in [3.8, 4) is 16.9 Å². The van der Waals surface area contributed by atoms with Crippen molar-refractivity contribution in [1.82, 2.24) is 15.1 Å². The summed E-state index contributed by atoms with van der Waals surface area (Å²) in [4.78, 5) is 16.0. The van der Waals surface area contributed by atoms with Gasteiger partial charge in [-0.05, 0) is 49.8 Å². The Morgan fingerprint density at radius 3 is 2.61 bits per heavy atom. The largest absolute Gasteiger partial charge is 0.490 e. The van der Waals surface area contributed by atoms with Gasteiger partial charge >= 0.3 is 6.03 Å². The van der Waals surface area contributed by atoms with Crippen molar-refractivity contribution in [3.05, 3.63) is 54.1 Å². The van der Waals surface area contributed by atoms with Gasteiger partial charge in [0.15, 0.2) is 0 Å². The van der Waals surface area contributed by atoms with E-state index in [2.05, 4.69) is 66.8 Å². The lowest BCUT2D eigenvalue weighted by Crippen LogP contribution is -2.46. The van der Waals surface area contributed by atoms with Crippen LogP contribution in [-0.4, -0.2) is 55.7 Å². The van der Waals surface area contributed by atoms with Gasteiger partial charge in [-0.25, -0.2) is 4.79 Å². The number of piperidine rings is 1. The van der Waals surface area contributed by atoms with Gasteiger partial charge in [0.1, 0.15) is 11.9 Å². The van der Waals surface area contributed by atoms with Crippen LogP contribution in [0.15, 0.2) is 48.5 Å². The van der Waals surface area contributed by atoms with Crippen LogP contribution in [0.4, 0.5) is 4.79 Å². The first-order valence-electron chi connectivity index (χ1n) is 10.1. The van der Waals surface area contributed by atoms with Crippen molar-refractivity contribution in [2.75, 3.05) is 33.7 Å². The highest BCUT2D eigenvalue weighted by molar-refractivity contribution is 5.74. The SMILES string of the molecule is CCNC(=O)N1CCC(Oc2cccc(-c3ccccc3CN(C)C)c2)CC1. The van der Waals surface area contributed by atoms with Crippen molar-refractivity contribution in [3.63, 3.8) is 0 Å². The molecule has 5 heteroatoms. The lowest BCUT2D eigenvalue weighted by atomic mass is 9.99. The molecule has 0 saturated carbocycles. The van der Waals surface area contributed by atoms with Crippen LogP contribution >= 0.6 is 0 Å². The topological polar surface area (TPSA) is 44.8 Å². The summed E-state index contributed by atoms with van der Waals surface area (Å²) in [5, 5.41) is 2.87. The molecular formula is C23H31N3O2. The van der Waals surface area contributed by atoms with Crippen molar-refractivity contribution < 1.29 is 9.53 Å². The molecule has 1 heterocycles. The van der Waals surface area contributed by atoms with E-state index >= 15 is 0 Å². The molecule has 1 aliphatic rings. The van der Waals surface area contributed by atoms with Crippen LogP contribution in [0, 0.1) is 0 Å². The third-order valence-electron chi connectivity index (χ3n) is 5.01. The number of nitrogens with zero attached hydrogens (tertiary/aromatic N) is 2. The summed E-state index contributed by atoms with van der Waals surface area (Å²) in [5.41, 5.74) is 3.72. The molecule has 2 amide bonds. The molecule has 1 aliphatic heterocycles. The van der Waals surface area contributed by atoms with E-state index in [-0.39, 0.29) is 12.1 Å². The van der Waals surface area contributed by atoms with Gasteiger partial charge in [-0.1, -0.05) is 36.4 Å². The standard InChI is InChI=1S/C23H31N3O2/c1-4-24-23(27)26-14-12-20(13-15-26)28-21-10-7-9-18(16-21)22-11-6-5-8-19(22)17-25(2)3/h5-11,16,20H,4,12-15,17H2,1-3H3,(H,24,27). The number of urea groups is 1. The highest BCUT2D eigenvalue weighted by Gasteiger charge is 2.23. The van der Waals surface area contributed by atoms with Crippen LogP contribution in [0.2, 0.25) is 0 Å². The molecule has 150 valence electrons. The van der Waals surface area contributed by atoms with Crippen LogP contribution in [0.5, 0.6) is 5.75 Å². The van der Waals surface area contributed by atoms with E-state index < -0.39 is 0 Å². The highest BCUT2D eigenvalue weighted by Crippen LogP contribution is 2.29. The lowest BCUT2D eigenvalue weighted by molar-refractivity contribution is 0.111. The Kier molecular flexibility index (Phi) is 6.93. The molecule has 0 aliphatic carbocycles. The highest BCUT2D eigenvalue weighted by atomic mass is 16.5. The van der Waals surface area contributed by atoms with Gasteiger partial charge in [-0.3, -0.25) is 0 Å². The number of rotatable bonds is 6. The molecule has 1 fully saturated rings. The van der Waals surface area contributed by atoms with E-state index in [4.69, 9.17) is 4.74 Å². The van der Waals surface area contributed by atoms with E-state index in [1.807, 2.05) is 17.9 Å². The van der Waals surface area contributed by atoms with E-state index in [1.54, 1.807) is 0 Å². The maximum Gasteiger partial charge on any atom is 0.317 e. The van der Waals surface area contributed by atoms with E-state index in [9.17, 15) is 4.79 Å². The van der Waals surface area contributed by atoms with Crippen LogP contribution in [0.3, 0.4) is 0 Å². The molecule has 28 heavy (non-hydrogen) atoms.